The van der Waals surface area contributed by atoms with Gasteiger partial charge in [-0.1, -0.05) is 17.7 Å². The van der Waals surface area contributed by atoms with Crippen LogP contribution in [0, 0.1) is 5.82 Å². The van der Waals surface area contributed by atoms with Crippen LogP contribution in [-0.4, -0.2) is 41.8 Å². The summed E-state index contributed by atoms with van der Waals surface area (Å²) >= 11 is 7.73. The van der Waals surface area contributed by atoms with Crippen molar-refractivity contribution in [3.63, 3.8) is 0 Å². The monoisotopic (exact) mass is 287 g/mol. The number of carbonyl (C=O) groups excluding carboxylic acids is 1. The number of thioether (sulfide) groups is 1. The van der Waals surface area contributed by atoms with E-state index in [1.807, 2.05) is 7.05 Å². The predicted octanol–water partition coefficient (Wildman–Crippen LogP) is 2.64. The van der Waals surface area contributed by atoms with Crippen molar-refractivity contribution in [2.75, 3.05) is 25.1 Å². The molecule has 18 heavy (non-hydrogen) atoms. The van der Waals surface area contributed by atoms with Crippen LogP contribution < -0.4 is 0 Å². The zero-order chi connectivity index (χ0) is 13.1. The van der Waals surface area contributed by atoms with Gasteiger partial charge in [-0.2, -0.15) is 11.8 Å². The third-order valence-electron chi connectivity index (χ3n) is 3.15. The molecule has 1 aromatic carbocycles. The van der Waals surface area contributed by atoms with Gasteiger partial charge in [0.25, 0.3) is 0 Å². The van der Waals surface area contributed by atoms with Crippen LogP contribution in [0.3, 0.4) is 0 Å². The lowest BCUT2D eigenvalue weighted by Gasteiger charge is -2.30. The van der Waals surface area contributed by atoms with Gasteiger partial charge >= 0.3 is 0 Å². The molecule has 1 aliphatic rings. The van der Waals surface area contributed by atoms with Crippen molar-refractivity contribution >= 4 is 29.1 Å². The Labute approximate surface area is 115 Å². The van der Waals surface area contributed by atoms with E-state index in [1.54, 1.807) is 17.8 Å². The van der Waals surface area contributed by atoms with Crippen LogP contribution in [0.15, 0.2) is 18.2 Å². The van der Waals surface area contributed by atoms with E-state index >= 15 is 0 Å². The minimum atomic E-state index is -0.374. The lowest BCUT2D eigenvalue weighted by atomic mass is 10.0. The standard InChI is InChI=1S/C13H15ClFNOS/c1-16-4-5-18-8-12(16)13(17)6-9-2-3-10(15)7-11(9)14/h2-3,7,12H,4-6,8H2,1H3. The minimum absolute atomic E-state index is 0.0510. The van der Waals surface area contributed by atoms with Crippen molar-refractivity contribution in [3.05, 3.63) is 34.6 Å². The van der Waals surface area contributed by atoms with Gasteiger partial charge in [0.2, 0.25) is 0 Å². The third kappa shape index (κ3) is 3.25. The van der Waals surface area contributed by atoms with E-state index in [1.165, 1.54) is 12.1 Å². The Morgan fingerprint density at radius 3 is 3.06 bits per heavy atom. The van der Waals surface area contributed by atoms with Crippen molar-refractivity contribution in [2.45, 2.75) is 12.5 Å². The van der Waals surface area contributed by atoms with Gasteiger partial charge in [-0.05, 0) is 24.7 Å². The molecule has 1 fully saturated rings. The Bertz CT molecular complexity index is 455. The van der Waals surface area contributed by atoms with E-state index in [-0.39, 0.29) is 24.1 Å². The summed E-state index contributed by atoms with van der Waals surface area (Å²) in [6, 6.07) is 4.13. The first kappa shape index (κ1) is 13.8. The normalized spacial score (nSPS) is 20.9. The first-order valence-electron chi connectivity index (χ1n) is 5.82. The maximum absolute atomic E-state index is 12.9. The second-order valence-electron chi connectivity index (χ2n) is 4.45. The van der Waals surface area contributed by atoms with Gasteiger partial charge in [0.05, 0.1) is 6.04 Å². The summed E-state index contributed by atoms with van der Waals surface area (Å²) in [5, 5.41) is 0.328. The van der Waals surface area contributed by atoms with Crippen LogP contribution in [0.1, 0.15) is 5.56 Å². The van der Waals surface area contributed by atoms with Crippen LogP contribution >= 0.6 is 23.4 Å². The Morgan fingerprint density at radius 1 is 1.61 bits per heavy atom. The smallest absolute Gasteiger partial charge is 0.155 e. The highest BCUT2D eigenvalue weighted by atomic mass is 35.5. The lowest BCUT2D eigenvalue weighted by molar-refractivity contribution is -0.122. The summed E-state index contributed by atoms with van der Waals surface area (Å²) in [6.45, 7) is 0.929. The van der Waals surface area contributed by atoms with Crippen LogP contribution in [0.2, 0.25) is 5.02 Å². The van der Waals surface area contributed by atoms with E-state index in [9.17, 15) is 9.18 Å². The van der Waals surface area contributed by atoms with Crippen molar-refractivity contribution in [1.29, 1.82) is 0 Å². The quantitative estimate of drug-likeness (QED) is 0.852. The molecule has 0 N–H and O–H groups in total. The lowest BCUT2D eigenvalue weighted by Crippen LogP contribution is -2.45. The van der Waals surface area contributed by atoms with Crippen molar-refractivity contribution in [2.24, 2.45) is 0 Å². The minimum Gasteiger partial charge on any atom is -0.298 e. The molecule has 0 radical (unpaired) electrons. The molecule has 0 aliphatic carbocycles. The van der Waals surface area contributed by atoms with Gasteiger partial charge in [0.15, 0.2) is 5.78 Å². The number of benzene rings is 1. The molecule has 5 heteroatoms. The number of hydrogen-bond acceptors (Lipinski definition) is 3. The fourth-order valence-corrected chi connectivity index (χ4v) is 3.48. The van der Waals surface area contributed by atoms with Gasteiger partial charge in [-0.15, -0.1) is 0 Å². The fourth-order valence-electron chi connectivity index (χ4n) is 2.00. The molecule has 1 atom stereocenters. The van der Waals surface area contributed by atoms with Gasteiger partial charge in [-0.25, -0.2) is 4.39 Å². The number of carbonyl (C=O) groups is 1. The molecule has 0 saturated carbocycles. The molecular formula is C13H15ClFNOS. The number of Topliss-reactive ketones (excluding diaryl/α,β-unsaturated/α-hetero) is 1. The maximum Gasteiger partial charge on any atom is 0.155 e. The molecule has 1 heterocycles. The fraction of sp³-hybridized carbons (Fsp3) is 0.462. The van der Waals surface area contributed by atoms with Crippen molar-refractivity contribution < 1.29 is 9.18 Å². The average Bonchev–Trinajstić information content (AvgIpc) is 2.33. The van der Waals surface area contributed by atoms with Crippen LogP contribution in [0.4, 0.5) is 4.39 Å². The maximum atomic E-state index is 12.9. The van der Waals surface area contributed by atoms with Gasteiger partial charge in [0.1, 0.15) is 5.82 Å². The SMILES string of the molecule is CN1CCSCC1C(=O)Cc1ccc(F)cc1Cl. The molecule has 1 aliphatic heterocycles. The first-order valence-corrected chi connectivity index (χ1v) is 7.36. The number of nitrogens with zero attached hydrogens (tertiary/aromatic N) is 1. The summed E-state index contributed by atoms with van der Waals surface area (Å²) in [4.78, 5) is 14.3. The van der Waals surface area contributed by atoms with E-state index < -0.39 is 0 Å². The Balaban J connectivity index is 2.06. The van der Waals surface area contributed by atoms with E-state index in [0.717, 1.165) is 18.1 Å². The molecule has 0 spiro atoms. The summed E-state index contributed by atoms with van der Waals surface area (Å²) in [7, 11) is 1.97. The Morgan fingerprint density at radius 2 is 2.39 bits per heavy atom. The molecule has 1 aromatic rings. The van der Waals surface area contributed by atoms with Crippen LogP contribution in [-0.2, 0) is 11.2 Å². The van der Waals surface area contributed by atoms with Gasteiger partial charge in [0, 0.05) is 29.5 Å². The molecule has 0 bridgehead atoms. The Kier molecular flexibility index (Phi) is 4.65. The first-order chi connectivity index (χ1) is 8.58. The summed E-state index contributed by atoms with van der Waals surface area (Å²) < 4.78 is 12.9. The van der Waals surface area contributed by atoms with E-state index in [2.05, 4.69) is 4.90 Å². The largest absolute Gasteiger partial charge is 0.298 e. The summed E-state index contributed by atoms with van der Waals surface area (Å²) in [5.74, 6) is 1.67. The third-order valence-corrected chi connectivity index (χ3v) is 4.52. The zero-order valence-electron chi connectivity index (χ0n) is 10.2. The highest BCUT2D eigenvalue weighted by Gasteiger charge is 2.26. The molecule has 1 unspecified atom stereocenters. The number of rotatable bonds is 3. The number of likely N-dealkylation sites (N-methyl/N-ethyl adjacent to an activating group) is 1. The van der Waals surface area contributed by atoms with Crippen LogP contribution in [0.25, 0.3) is 0 Å². The Hall–Kier alpha value is -0.580. The van der Waals surface area contributed by atoms with Gasteiger partial charge < -0.3 is 0 Å². The summed E-state index contributed by atoms with van der Waals surface area (Å²) in [6.07, 6.45) is 0.272. The van der Waals surface area contributed by atoms with Gasteiger partial charge in [-0.3, -0.25) is 9.69 Å². The average molecular weight is 288 g/mol. The molecule has 0 aromatic heterocycles. The molecule has 0 amide bonds. The topological polar surface area (TPSA) is 20.3 Å². The molecule has 2 nitrogen and oxygen atoms in total. The molecule has 98 valence electrons. The molecule has 1 saturated heterocycles. The zero-order valence-corrected chi connectivity index (χ0v) is 11.7. The van der Waals surface area contributed by atoms with Crippen molar-refractivity contribution in [1.82, 2.24) is 4.90 Å². The number of ketones is 1. The second-order valence-corrected chi connectivity index (χ2v) is 6.01. The van der Waals surface area contributed by atoms with Crippen molar-refractivity contribution in [3.8, 4) is 0 Å². The van der Waals surface area contributed by atoms with E-state index in [4.69, 9.17) is 11.6 Å². The summed E-state index contributed by atoms with van der Waals surface area (Å²) in [5.41, 5.74) is 0.701. The molecular weight excluding hydrogens is 273 g/mol. The number of halogens is 2. The number of hydrogen-bond donors (Lipinski definition) is 0. The second kappa shape index (κ2) is 6.04. The highest BCUT2D eigenvalue weighted by molar-refractivity contribution is 7.99. The predicted molar refractivity (Wildman–Crippen MR) is 73.9 cm³/mol. The van der Waals surface area contributed by atoms with E-state index in [0.29, 0.717) is 10.6 Å². The van der Waals surface area contributed by atoms with Crippen LogP contribution in [0.5, 0.6) is 0 Å². The highest BCUT2D eigenvalue weighted by Crippen LogP contribution is 2.21. The molecule has 2 rings (SSSR count).